The molecule has 1 aromatic heterocycles. The molecule has 4 nitrogen and oxygen atoms in total. The topological polar surface area (TPSA) is 46.9 Å². The summed E-state index contributed by atoms with van der Waals surface area (Å²) in [5.74, 6) is -0.0860. The monoisotopic (exact) mass is 271 g/mol. The number of nitrogens with one attached hydrogen (secondary N) is 1. The molecule has 0 unspecified atom stereocenters. The van der Waals surface area contributed by atoms with Crippen molar-refractivity contribution in [3.05, 3.63) is 46.3 Å². The number of aromatic nitrogens is 2. The summed E-state index contributed by atoms with van der Waals surface area (Å²) in [5, 5.41) is 7.41. The van der Waals surface area contributed by atoms with E-state index in [1.54, 1.807) is 0 Å². The molecule has 0 aliphatic heterocycles. The molecule has 0 atom stereocenters. The van der Waals surface area contributed by atoms with E-state index in [9.17, 15) is 4.79 Å². The molecule has 0 bridgehead atoms. The van der Waals surface area contributed by atoms with Gasteiger partial charge in [0.25, 0.3) is 5.91 Å². The summed E-state index contributed by atoms with van der Waals surface area (Å²) in [4.78, 5) is 12.5. The molecule has 0 saturated heterocycles. The predicted molar refractivity (Wildman–Crippen MR) is 81.2 cm³/mol. The number of nitrogens with zero attached hydrogens (tertiary/aromatic N) is 2. The number of hydrogen-bond donors (Lipinski definition) is 1. The molecule has 1 aromatic carbocycles. The molecule has 1 amide bonds. The lowest BCUT2D eigenvalue weighted by Gasteiger charge is -2.11. The molecule has 2 rings (SSSR count). The van der Waals surface area contributed by atoms with Crippen LogP contribution in [-0.4, -0.2) is 15.7 Å². The molecule has 0 radical (unpaired) electrons. The quantitative estimate of drug-likeness (QED) is 0.930. The van der Waals surface area contributed by atoms with Crippen LogP contribution >= 0.6 is 0 Å². The fourth-order valence-corrected chi connectivity index (χ4v) is 2.52. The molecule has 0 spiro atoms. The molecule has 4 heteroatoms. The summed E-state index contributed by atoms with van der Waals surface area (Å²) >= 11 is 0. The van der Waals surface area contributed by atoms with E-state index in [1.165, 1.54) is 0 Å². The van der Waals surface area contributed by atoms with E-state index in [2.05, 4.69) is 10.4 Å². The van der Waals surface area contributed by atoms with Crippen LogP contribution in [0.5, 0.6) is 0 Å². The van der Waals surface area contributed by atoms with E-state index >= 15 is 0 Å². The number of rotatable bonds is 3. The van der Waals surface area contributed by atoms with Crippen LogP contribution in [0.4, 0.5) is 5.69 Å². The Morgan fingerprint density at radius 3 is 2.30 bits per heavy atom. The molecule has 0 aliphatic rings. The molecular formula is C16H21N3O. The largest absolute Gasteiger partial charge is 0.321 e. The highest BCUT2D eigenvalue weighted by Gasteiger charge is 2.19. The van der Waals surface area contributed by atoms with Crippen molar-refractivity contribution in [3.63, 3.8) is 0 Å². The van der Waals surface area contributed by atoms with Crippen LogP contribution in [0.3, 0.4) is 0 Å². The van der Waals surface area contributed by atoms with Crippen LogP contribution in [0.2, 0.25) is 0 Å². The van der Waals surface area contributed by atoms with Crippen LogP contribution in [0.15, 0.2) is 18.2 Å². The molecule has 1 heterocycles. The molecule has 1 N–H and O–H groups in total. The number of para-hydroxylation sites is 1. The third kappa shape index (κ3) is 2.46. The van der Waals surface area contributed by atoms with Gasteiger partial charge >= 0.3 is 0 Å². The summed E-state index contributed by atoms with van der Waals surface area (Å²) in [6.07, 6.45) is 0. The van der Waals surface area contributed by atoms with Gasteiger partial charge in [0.15, 0.2) is 0 Å². The number of anilines is 1. The first-order valence-electron chi connectivity index (χ1n) is 6.87. The Bertz CT molecular complexity index is 636. The second kappa shape index (κ2) is 5.49. The van der Waals surface area contributed by atoms with Gasteiger partial charge in [-0.15, -0.1) is 0 Å². The van der Waals surface area contributed by atoms with Gasteiger partial charge in [0, 0.05) is 17.9 Å². The Balaban J connectivity index is 2.36. The van der Waals surface area contributed by atoms with E-state index in [1.807, 2.05) is 57.5 Å². The lowest BCUT2D eigenvalue weighted by Crippen LogP contribution is -2.15. The van der Waals surface area contributed by atoms with Crippen LogP contribution in [0.1, 0.15) is 39.8 Å². The third-order valence-corrected chi connectivity index (χ3v) is 3.63. The van der Waals surface area contributed by atoms with Gasteiger partial charge in [-0.1, -0.05) is 18.2 Å². The van der Waals surface area contributed by atoms with Gasteiger partial charge in [0.1, 0.15) is 0 Å². The van der Waals surface area contributed by atoms with E-state index in [4.69, 9.17) is 0 Å². The summed E-state index contributed by atoms with van der Waals surface area (Å²) in [7, 11) is 0. The van der Waals surface area contributed by atoms with Crippen molar-refractivity contribution in [2.75, 3.05) is 5.32 Å². The zero-order chi connectivity index (χ0) is 14.9. The Hall–Kier alpha value is -2.10. The van der Waals surface area contributed by atoms with Gasteiger partial charge < -0.3 is 5.32 Å². The molecule has 20 heavy (non-hydrogen) atoms. The van der Waals surface area contributed by atoms with Crippen molar-refractivity contribution in [3.8, 4) is 0 Å². The molecule has 0 aliphatic carbocycles. The maximum Gasteiger partial charge on any atom is 0.259 e. The van der Waals surface area contributed by atoms with Crippen molar-refractivity contribution >= 4 is 11.6 Å². The van der Waals surface area contributed by atoms with Gasteiger partial charge in [0.2, 0.25) is 0 Å². The van der Waals surface area contributed by atoms with Crippen molar-refractivity contribution in [2.24, 2.45) is 0 Å². The number of amides is 1. The average molecular weight is 271 g/mol. The van der Waals surface area contributed by atoms with Gasteiger partial charge in [-0.3, -0.25) is 9.48 Å². The fourth-order valence-electron chi connectivity index (χ4n) is 2.52. The highest BCUT2D eigenvalue weighted by Crippen LogP contribution is 2.22. The lowest BCUT2D eigenvalue weighted by molar-refractivity contribution is 0.102. The van der Waals surface area contributed by atoms with Gasteiger partial charge in [0.05, 0.1) is 11.3 Å². The number of hydrogen-bond acceptors (Lipinski definition) is 2. The maximum atomic E-state index is 12.5. The van der Waals surface area contributed by atoms with Gasteiger partial charge in [-0.2, -0.15) is 5.10 Å². The number of aryl methyl sites for hydroxylation is 4. The first-order chi connectivity index (χ1) is 9.45. The minimum atomic E-state index is -0.0860. The molecule has 0 fully saturated rings. The normalized spacial score (nSPS) is 10.7. The Morgan fingerprint density at radius 2 is 1.80 bits per heavy atom. The van der Waals surface area contributed by atoms with E-state index in [0.717, 1.165) is 34.7 Å². The zero-order valence-corrected chi connectivity index (χ0v) is 12.7. The third-order valence-electron chi connectivity index (χ3n) is 3.63. The van der Waals surface area contributed by atoms with Crippen LogP contribution in [0.25, 0.3) is 0 Å². The minimum Gasteiger partial charge on any atom is -0.321 e. The fraction of sp³-hybridized carbons (Fsp3) is 0.375. The first kappa shape index (κ1) is 14.3. The maximum absolute atomic E-state index is 12.5. The highest BCUT2D eigenvalue weighted by molar-refractivity contribution is 6.06. The Labute approximate surface area is 119 Å². The number of carbonyl (C=O) groups is 1. The number of benzene rings is 1. The van der Waals surface area contributed by atoms with Crippen molar-refractivity contribution in [2.45, 2.75) is 41.2 Å². The van der Waals surface area contributed by atoms with Crippen molar-refractivity contribution in [1.82, 2.24) is 9.78 Å². The Kier molecular flexibility index (Phi) is 3.93. The van der Waals surface area contributed by atoms with Gasteiger partial charge in [-0.05, 0) is 45.7 Å². The SMILES string of the molecule is CCn1nc(C)c(C(=O)Nc2c(C)cccc2C)c1C. The van der Waals surface area contributed by atoms with Crippen molar-refractivity contribution in [1.29, 1.82) is 0 Å². The summed E-state index contributed by atoms with van der Waals surface area (Å²) in [6.45, 7) is 10.6. The first-order valence-corrected chi connectivity index (χ1v) is 6.87. The highest BCUT2D eigenvalue weighted by atomic mass is 16.1. The summed E-state index contributed by atoms with van der Waals surface area (Å²) < 4.78 is 1.86. The molecule has 0 saturated carbocycles. The predicted octanol–water partition coefficient (Wildman–Crippen LogP) is 3.39. The molecule has 106 valence electrons. The minimum absolute atomic E-state index is 0.0860. The standard InChI is InChI=1S/C16H21N3O/c1-6-19-13(5)14(12(4)18-19)16(20)17-15-10(2)8-7-9-11(15)3/h7-9H,6H2,1-5H3,(H,17,20). The van der Waals surface area contributed by atoms with E-state index < -0.39 is 0 Å². The van der Waals surface area contributed by atoms with Crippen molar-refractivity contribution < 1.29 is 4.79 Å². The average Bonchev–Trinajstić information content (AvgIpc) is 2.68. The van der Waals surface area contributed by atoms with Gasteiger partial charge in [-0.25, -0.2) is 0 Å². The molecular weight excluding hydrogens is 250 g/mol. The zero-order valence-electron chi connectivity index (χ0n) is 12.7. The van der Waals surface area contributed by atoms with Crippen LogP contribution in [0, 0.1) is 27.7 Å². The molecule has 2 aromatic rings. The Morgan fingerprint density at radius 1 is 1.20 bits per heavy atom. The van der Waals surface area contributed by atoms with E-state index in [0.29, 0.717) is 5.56 Å². The second-order valence-electron chi connectivity index (χ2n) is 5.08. The summed E-state index contributed by atoms with van der Waals surface area (Å²) in [5.41, 5.74) is 5.38. The second-order valence-corrected chi connectivity index (χ2v) is 5.08. The van der Waals surface area contributed by atoms with E-state index in [-0.39, 0.29) is 5.91 Å². The van der Waals surface area contributed by atoms with Crippen LogP contribution < -0.4 is 5.32 Å². The number of carbonyl (C=O) groups excluding carboxylic acids is 1. The summed E-state index contributed by atoms with van der Waals surface area (Å²) in [6, 6.07) is 5.99. The smallest absolute Gasteiger partial charge is 0.259 e. The van der Waals surface area contributed by atoms with Crippen LogP contribution in [-0.2, 0) is 6.54 Å². The lowest BCUT2D eigenvalue weighted by atomic mass is 10.1.